The van der Waals surface area contributed by atoms with Gasteiger partial charge in [-0.25, -0.2) is 0 Å². The summed E-state index contributed by atoms with van der Waals surface area (Å²) in [5.74, 6) is 0.878. The van der Waals surface area contributed by atoms with Gasteiger partial charge in [-0.15, -0.1) is 0 Å². The van der Waals surface area contributed by atoms with Crippen LogP contribution in [0, 0.1) is 13.8 Å². The van der Waals surface area contributed by atoms with Crippen molar-refractivity contribution in [3.8, 4) is 5.75 Å². The Labute approximate surface area is 136 Å². The lowest BCUT2D eigenvalue weighted by Crippen LogP contribution is -2.26. The number of aryl methyl sites for hydroxylation is 2. The van der Waals surface area contributed by atoms with Crippen LogP contribution in [0.3, 0.4) is 0 Å². The average molecular weight is 321 g/mol. The van der Waals surface area contributed by atoms with E-state index in [1.807, 2.05) is 44.0 Å². The van der Waals surface area contributed by atoms with E-state index in [1.54, 1.807) is 13.2 Å². The van der Waals surface area contributed by atoms with Gasteiger partial charge in [0.15, 0.2) is 5.78 Å². The maximum atomic E-state index is 12.4. The fourth-order valence-corrected chi connectivity index (χ4v) is 2.76. The summed E-state index contributed by atoms with van der Waals surface area (Å²) in [4.78, 5) is 17.5. The number of methoxy groups -OCH3 is 1. The van der Waals surface area contributed by atoms with Crippen molar-refractivity contribution in [2.24, 2.45) is 0 Å². The van der Waals surface area contributed by atoms with Gasteiger partial charge in [0.2, 0.25) is 0 Å². The summed E-state index contributed by atoms with van der Waals surface area (Å²) in [6.45, 7) is 4.80. The maximum absolute atomic E-state index is 12.4. The predicted molar refractivity (Wildman–Crippen MR) is 88.9 cm³/mol. The van der Waals surface area contributed by atoms with E-state index < -0.39 is 0 Å². The van der Waals surface area contributed by atoms with Gasteiger partial charge in [-0.3, -0.25) is 9.69 Å². The van der Waals surface area contributed by atoms with Crippen molar-refractivity contribution in [3.63, 3.8) is 0 Å². The Balaban J connectivity index is 2.07. The minimum absolute atomic E-state index is 0.102. The van der Waals surface area contributed by atoms with E-state index in [9.17, 15) is 4.79 Å². The summed E-state index contributed by atoms with van der Waals surface area (Å²) in [5.41, 5.74) is 3.63. The molecule has 0 radical (unpaired) electrons. The number of aromatic amines is 1. The Hall–Kier alpha value is -1.78. The molecule has 0 atom stereocenters. The van der Waals surface area contributed by atoms with Crippen molar-refractivity contribution in [2.45, 2.75) is 20.4 Å². The quantitative estimate of drug-likeness (QED) is 0.827. The Morgan fingerprint density at radius 3 is 2.64 bits per heavy atom. The standard InChI is InChI=1S/C17H21ClN2O2/c1-11-7-15(12(2)19-11)16(21)10-20(3)9-13-8-14(18)5-6-17(13)22-4/h5-8,19H,9-10H2,1-4H3. The van der Waals surface area contributed by atoms with Gasteiger partial charge >= 0.3 is 0 Å². The number of carbonyl (C=O) groups is 1. The molecule has 2 aromatic rings. The number of halogens is 1. The minimum Gasteiger partial charge on any atom is -0.496 e. The van der Waals surface area contributed by atoms with Gasteiger partial charge in [0.25, 0.3) is 0 Å². The van der Waals surface area contributed by atoms with Crippen LogP contribution in [0.4, 0.5) is 0 Å². The van der Waals surface area contributed by atoms with Crippen LogP contribution in [0.15, 0.2) is 24.3 Å². The van der Waals surface area contributed by atoms with E-state index in [4.69, 9.17) is 16.3 Å². The number of Topliss-reactive ketones (excluding diaryl/α,β-unsaturated/α-hetero) is 1. The van der Waals surface area contributed by atoms with Crippen LogP contribution in [-0.4, -0.2) is 36.4 Å². The summed E-state index contributed by atoms with van der Waals surface area (Å²) in [6.07, 6.45) is 0. The highest BCUT2D eigenvalue weighted by atomic mass is 35.5. The Morgan fingerprint density at radius 2 is 2.05 bits per heavy atom. The number of benzene rings is 1. The SMILES string of the molecule is COc1ccc(Cl)cc1CN(C)CC(=O)c1cc(C)[nH]c1C. The molecule has 2 rings (SSSR count). The number of rotatable bonds is 6. The first-order valence-corrected chi connectivity index (χ1v) is 7.49. The Kier molecular flexibility index (Phi) is 5.27. The summed E-state index contributed by atoms with van der Waals surface area (Å²) >= 11 is 6.04. The number of carbonyl (C=O) groups excluding carboxylic acids is 1. The lowest BCUT2D eigenvalue weighted by molar-refractivity contribution is 0.0942. The van der Waals surface area contributed by atoms with Crippen LogP contribution >= 0.6 is 11.6 Å². The van der Waals surface area contributed by atoms with Crippen molar-refractivity contribution in [3.05, 3.63) is 51.8 Å². The molecule has 0 bridgehead atoms. The molecule has 0 aliphatic heterocycles. The smallest absolute Gasteiger partial charge is 0.178 e. The normalized spacial score (nSPS) is 11.0. The number of H-pyrrole nitrogens is 1. The van der Waals surface area contributed by atoms with Crippen LogP contribution in [0.1, 0.15) is 27.3 Å². The summed E-state index contributed by atoms with van der Waals surface area (Å²) in [7, 11) is 3.54. The van der Waals surface area contributed by atoms with Crippen LogP contribution in [0.5, 0.6) is 5.75 Å². The molecule has 0 unspecified atom stereocenters. The lowest BCUT2D eigenvalue weighted by atomic mass is 10.1. The fraction of sp³-hybridized carbons (Fsp3) is 0.353. The molecule has 0 amide bonds. The molecule has 5 heteroatoms. The number of aromatic nitrogens is 1. The molecule has 1 aromatic heterocycles. The van der Waals surface area contributed by atoms with Crippen molar-refractivity contribution >= 4 is 17.4 Å². The third-order valence-corrected chi connectivity index (χ3v) is 3.78. The van der Waals surface area contributed by atoms with Crippen LogP contribution < -0.4 is 4.74 Å². The van der Waals surface area contributed by atoms with Crippen molar-refractivity contribution in [1.82, 2.24) is 9.88 Å². The second-order valence-electron chi connectivity index (χ2n) is 5.54. The monoisotopic (exact) mass is 320 g/mol. The molecule has 1 aromatic carbocycles. The molecule has 0 saturated carbocycles. The first-order chi connectivity index (χ1) is 10.4. The fourth-order valence-electron chi connectivity index (χ4n) is 2.56. The molecule has 0 spiro atoms. The summed E-state index contributed by atoms with van der Waals surface area (Å²) in [6, 6.07) is 7.40. The second kappa shape index (κ2) is 6.99. The molecule has 1 N–H and O–H groups in total. The largest absolute Gasteiger partial charge is 0.496 e. The van der Waals surface area contributed by atoms with Gasteiger partial charge in [-0.05, 0) is 45.2 Å². The van der Waals surface area contributed by atoms with Gasteiger partial charge in [-0.1, -0.05) is 11.6 Å². The average Bonchev–Trinajstić information content (AvgIpc) is 2.78. The maximum Gasteiger partial charge on any atom is 0.178 e. The number of hydrogen-bond donors (Lipinski definition) is 1. The van der Waals surface area contributed by atoms with E-state index >= 15 is 0 Å². The van der Waals surface area contributed by atoms with Crippen LogP contribution in [0.2, 0.25) is 5.02 Å². The zero-order valence-corrected chi connectivity index (χ0v) is 14.1. The predicted octanol–water partition coefficient (Wildman–Crippen LogP) is 3.61. The molecule has 0 fully saturated rings. The first-order valence-electron chi connectivity index (χ1n) is 7.11. The van der Waals surface area contributed by atoms with Crippen molar-refractivity contribution in [1.29, 1.82) is 0 Å². The number of hydrogen-bond acceptors (Lipinski definition) is 3. The lowest BCUT2D eigenvalue weighted by Gasteiger charge is -2.18. The van der Waals surface area contributed by atoms with E-state index in [0.717, 1.165) is 28.3 Å². The Bertz CT molecular complexity index is 679. The molecule has 1 heterocycles. The number of ketones is 1. The van der Waals surface area contributed by atoms with E-state index in [0.29, 0.717) is 18.1 Å². The van der Waals surface area contributed by atoms with E-state index in [2.05, 4.69) is 4.98 Å². The zero-order valence-electron chi connectivity index (χ0n) is 13.4. The molecule has 22 heavy (non-hydrogen) atoms. The van der Waals surface area contributed by atoms with Crippen molar-refractivity contribution in [2.75, 3.05) is 20.7 Å². The van der Waals surface area contributed by atoms with E-state index in [1.165, 1.54) is 0 Å². The molecule has 118 valence electrons. The van der Waals surface area contributed by atoms with Crippen LogP contribution in [-0.2, 0) is 6.54 Å². The highest BCUT2D eigenvalue weighted by Crippen LogP contribution is 2.23. The van der Waals surface area contributed by atoms with Gasteiger partial charge in [0.1, 0.15) is 5.75 Å². The van der Waals surface area contributed by atoms with Gasteiger partial charge in [-0.2, -0.15) is 0 Å². The minimum atomic E-state index is 0.102. The summed E-state index contributed by atoms with van der Waals surface area (Å²) in [5, 5.41) is 0.660. The number of ether oxygens (including phenoxy) is 1. The first kappa shape index (κ1) is 16.6. The van der Waals surface area contributed by atoms with Crippen molar-refractivity contribution < 1.29 is 9.53 Å². The zero-order chi connectivity index (χ0) is 16.3. The molecule has 4 nitrogen and oxygen atoms in total. The number of nitrogens with one attached hydrogen (secondary N) is 1. The van der Waals surface area contributed by atoms with E-state index in [-0.39, 0.29) is 5.78 Å². The van der Waals surface area contributed by atoms with Gasteiger partial charge in [0, 0.05) is 34.1 Å². The second-order valence-corrected chi connectivity index (χ2v) is 5.98. The molecule has 0 saturated heterocycles. The summed E-state index contributed by atoms with van der Waals surface area (Å²) < 4.78 is 5.34. The molecular formula is C17H21ClN2O2. The molecule has 0 aliphatic carbocycles. The number of likely N-dealkylation sites (N-methyl/N-ethyl adjacent to an activating group) is 1. The van der Waals surface area contributed by atoms with Crippen LogP contribution in [0.25, 0.3) is 0 Å². The third kappa shape index (κ3) is 3.90. The highest BCUT2D eigenvalue weighted by Gasteiger charge is 2.15. The third-order valence-electron chi connectivity index (χ3n) is 3.55. The molecular weight excluding hydrogens is 300 g/mol. The topological polar surface area (TPSA) is 45.3 Å². The Morgan fingerprint density at radius 1 is 1.32 bits per heavy atom. The molecule has 0 aliphatic rings. The highest BCUT2D eigenvalue weighted by molar-refractivity contribution is 6.30. The van der Waals surface area contributed by atoms with Gasteiger partial charge < -0.3 is 9.72 Å². The number of nitrogens with zero attached hydrogens (tertiary/aromatic N) is 1. The van der Waals surface area contributed by atoms with Gasteiger partial charge in [0.05, 0.1) is 13.7 Å².